The molecule has 1 aliphatic carbocycles. The van der Waals surface area contributed by atoms with Crippen LogP contribution in [0.1, 0.15) is 36.5 Å². The Morgan fingerprint density at radius 1 is 1.33 bits per heavy atom. The molecule has 1 heteroatoms. The van der Waals surface area contributed by atoms with Crippen molar-refractivity contribution in [1.29, 1.82) is 0 Å². The van der Waals surface area contributed by atoms with E-state index in [-0.39, 0.29) is 0 Å². The van der Waals surface area contributed by atoms with Gasteiger partial charge in [0, 0.05) is 0 Å². The van der Waals surface area contributed by atoms with Crippen molar-refractivity contribution in [1.82, 2.24) is 0 Å². The fourth-order valence-corrected chi connectivity index (χ4v) is 2.59. The summed E-state index contributed by atoms with van der Waals surface area (Å²) in [4.78, 5) is 0. The smallest absolute Gasteiger partial charge is 0.00745 e. The Bertz CT molecular complexity index is 330. The first-order chi connectivity index (χ1) is 7.33. The summed E-state index contributed by atoms with van der Waals surface area (Å²) in [7, 11) is 0. The van der Waals surface area contributed by atoms with Crippen molar-refractivity contribution >= 4 is 0 Å². The zero-order chi connectivity index (χ0) is 10.7. The minimum Gasteiger partial charge on any atom is -0.330 e. The molecule has 0 saturated carbocycles. The number of nitrogens with two attached hydrogens (primary N) is 1. The summed E-state index contributed by atoms with van der Waals surface area (Å²) in [6, 6.07) is 7.01. The Morgan fingerprint density at radius 3 is 2.93 bits per heavy atom. The van der Waals surface area contributed by atoms with Crippen molar-refractivity contribution in [3.05, 3.63) is 34.9 Å². The van der Waals surface area contributed by atoms with E-state index in [2.05, 4.69) is 25.1 Å². The number of fused-ring (bicyclic) bond motifs is 1. The fourth-order valence-electron chi connectivity index (χ4n) is 2.59. The predicted molar refractivity (Wildman–Crippen MR) is 65.0 cm³/mol. The first-order valence-corrected chi connectivity index (χ1v) is 6.14. The zero-order valence-electron chi connectivity index (χ0n) is 9.63. The molecule has 0 saturated heterocycles. The number of hydrogen-bond acceptors (Lipinski definition) is 1. The third kappa shape index (κ3) is 2.40. The van der Waals surface area contributed by atoms with Crippen LogP contribution in [0.25, 0.3) is 0 Å². The molecule has 0 heterocycles. The summed E-state index contributed by atoms with van der Waals surface area (Å²) in [5.41, 5.74) is 10.3. The van der Waals surface area contributed by atoms with Crippen LogP contribution >= 0.6 is 0 Å². The van der Waals surface area contributed by atoms with Gasteiger partial charge in [-0.2, -0.15) is 0 Å². The topological polar surface area (TPSA) is 26.0 Å². The van der Waals surface area contributed by atoms with Crippen LogP contribution in [0, 0.1) is 5.92 Å². The van der Waals surface area contributed by atoms with E-state index in [1.165, 1.54) is 31.2 Å². The van der Waals surface area contributed by atoms with E-state index < -0.39 is 0 Å². The number of rotatable bonds is 3. The van der Waals surface area contributed by atoms with Gasteiger partial charge >= 0.3 is 0 Å². The van der Waals surface area contributed by atoms with E-state index >= 15 is 0 Å². The summed E-state index contributed by atoms with van der Waals surface area (Å²) >= 11 is 0. The third-order valence-corrected chi connectivity index (χ3v) is 3.58. The highest BCUT2D eigenvalue weighted by Crippen LogP contribution is 2.28. The summed E-state index contributed by atoms with van der Waals surface area (Å²) < 4.78 is 0. The molecule has 1 aromatic carbocycles. The van der Waals surface area contributed by atoms with Gasteiger partial charge in [0.1, 0.15) is 0 Å². The van der Waals surface area contributed by atoms with Gasteiger partial charge in [0.05, 0.1) is 0 Å². The van der Waals surface area contributed by atoms with Gasteiger partial charge in [0.2, 0.25) is 0 Å². The van der Waals surface area contributed by atoms with E-state index in [4.69, 9.17) is 5.73 Å². The normalized spacial score (nSPS) is 20.0. The Balaban J connectivity index is 2.16. The molecule has 2 rings (SSSR count). The van der Waals surface area contributed by atoms with Crippen LogP contribution in [0.3, 0.4) is 0 Å². The van der Waals surface area contributed by atoms with Gasteiger partial charge in [-0.3, -0.25) is 0 Å². The maximum Gasteiger partial charge on any atom is -0.00745 e. The molecule has 1 aromatic rings. The molecule has 2 N–H and O–H groups in total. The minimum atomic E-state index is 0.828. The molecule has 0 bridgehead atoms. The van der Waals surface area contributed by atoms with E-state index in [1.54, 1.807) is 11.1 Å². The van der Waals surface area contributed by atoms with Crippen LogP contribution in [0.15, 0.2) is 18.2 Å². The van der Waals surface area contributed by atoms with Gasteiger partial charge in [-0.1, -0.05) is 25.1 Å². The van der Waals surface area contributed by atoms with Crippen LogP contribution in [-0.2, 0) is 19.3 Å². The number of aryl methyl sites for hydroxylation is 2. The molecule has 82 valence electrons. The lowest BCUT2D eigenvalue weighted by Gasteiger charge is -2.24. The average molecular weight is 203 g/mol. The SMILES string of the molecule is CCc1ccc2c(c1)C[C@H](CCN)CC2. The molecule has 15 heavy (non-hydrogen) atoms. The first-order valence-electron chi connectivity index (χ1n) is 6.14. The molecular weight excluding hydrogens is 182 g/mol. The van der Waals surface area contributed by atoms with E-state index in [0.29, 0.717) is 0 Å². The monoisotopic (exact) mass is 203 g/mol. The molecule has 1 atom stereocenters. The zero-order valence-corrected chi connectivity index (χ0v) is 9.63. The van der Waals surface area contributed by atoms with E-state index in [1.807, 2.05) is 0 Å². The van der Waals surface area contributed by atoms with Gasteiger partial charge in [0.25, 0.3) is 0 Å². The quantitative estimate of drug-likeness (QED) is 0.803. The van der Waals surface area contributed by atoms with Crippen molar-refractivity contribution in [2.75, 3.05) is 6.54 Å². The van der Waals surface area contributed by atoms with Gasteiger partial charge in [0.15, 0.2) is 0 Å². The van der Waals surface area contributed by atoms with E-state index in [9.17, 15) is 0 Å². The second-order valence-electron chi connectivity index (χ2n) is 4.64. The van der Waals surface area contributed by atoms with E-state index in [0.717, 1.165) is 18.9 Å². The molecule has 0 unspecified atom stereocenters. The maximum absolute atomic E-state index is 5.64. The highest BCUT2D eigenvalue weighted by molar-refractivity contribution is 5.34. The highest BCUT2D eigenvalue weighted by atomic mass is 14.5. The summed E-state index contributed by atoms with van der Waals surface area (Å²) in [5.74, 6) is 0.828. The standard InChI is InChI=1S/C14H21N/c1-2-11-3-5-13-6-4-12(7-8-15)10-14(13)9-11/h3,5,9,12H,2,4,6-8,10,15H2,1H3/t12-/m0/s1. The molecule has 0 fully saturated rings. The second kappa shape index (κ2) is 4.80. The van der Waals surface area contributed by atoms with Gasteiger partial charge in [-0.25, -0.2) is 0 Å². The average Bonchev–Trinajstić information content (AvgIpc) is 2.28. The van der Waals surface area contributed by atoms with Crippen molar-refractivity contribution < 1.29 is 0 Å². The first kappa shape index (κ1) is 10.7. The predicted octanol–water partition coefficient (Wildman–Crippen LogP) is 2.70. The Hall–Kier alpha value is -0.820. The van der Waals surface area contributed by atoms with Crippen molar-refractivity contribution in [2.45, 2.75) is 39.0 Å². The summed E-state index contributed by atoms with van der Waals surface area (Å²) in [6.07, 6.45) is 6.17. The highest BCUT2D eigenvalue weighted by Gasteiger charge is 2.17. The van der Waals surface area contributed by atoms with Gasteiger partial charge < -0.3 is 5.73 Å². The van der Waals surface area contributed by atoms with Crippen molar-refractivity contribution in [3.63, 3.8) is 0 Å². The molecule has 1 aliphatic rings. The van der Waals surface area contributed by atoms with Crippen molar-refractivity contribution in [2.24, 2.45) is 11.7 Å². The van der Waals surface area contributed by atoms with Crippen LogP contribution < -0.4 is 5.73 Å². The Kier molecular flexibility index (Phi) is 3.42. The van der Waals surface area contributed by atoms with Crippen LogP contribution in [-0.4, -0.2) is 6.54 Å². The molecule has 0 radical (unpaired) electrons. The molecule has 0 spiro atoms. The largest absolute Gasteiger partial charge is 0.330 e. The number of benzene rings is 1. The summed E-state index contributed by atoms with van der Waals surface area (Å²) in [5, 5.41) is 0. The summed E-state index contributed by atoms with van der Waals surface area (Å²) in [6.45, 7) is 3.06. The Labute approximate surface area is 92.7 Å². The van der Waals surface area contributed by atoms with Gasteiger partial charge in [-0.15, -0.1) is 0 Å². The van der Waals surface area contributed by atoms with Crippen molar-refractivity contribution in [3.8, 4) is 0 Å². The van der Waals surface area contributed by atoms with Crippen LogP contribution in [0.5, 0.6) is 0 Å². The second-order valence-corrected chi connectivity index (χ2v) is 4.64. The lowest BCUT2D eigenvalue weighted by Crippen LogP contribution is -2.17. The molecule has 0 amide bonds. The van der Waals surface area contributed by atoms with Crippen LogP contribution in [0.2, 0.25) is 0 Å². The molecular formula is C14H21N. The fraction of sp³-hybridized carbons (Fsp3) is 0.571. The molecule has 1 nitrogen and oxygen atoms in total. The third-order valence-electron chi connectivity index (χ3n) is 3.58. The molecule has 0 aliphatic heterocycles. The number of hydrogen-bond donors (Lipinski definition) is 1. The lowest BCUT2D eigenvalue weighted by molar-refractivity contribution is 0.433. The maximum atomic E-state index is 5.64. The van der Waals surface area contributed by atoms with Crippen LogP contribution in [0.4, 0.5) is 0 Å². The van der Waals surface area contributed by atoms with Gasteiger partial charge in [-0.05, 0) is 61.3 Å². The molecule has 0 aromatic heterocycles. The Morgan fingerprint density at radius 2 is 2.20 bits per heavy atom. The minimum absolute atomic E-state index is 0.828. The lowest BCUT2D eigenvalue weighted by atomic mass is 9.81.